The van der Waals surface area contributed by atoms with Gasteiger partial charge >= 0.3 is 5.97 Å². The van der Waals surface area contributed by atoms with Crippen molar-refractivity contribution in [2.45, 2.75) is 19.4 Å². The predicted molar refractivity (Wildman–Crippen MR) is 83.5 cm³/mol. The van der Waals surface area contributed by atoms with Gasteiger partial charge in [-0.25, -0.2) is 0 Å². The molecular formula is C18H17NO2. The van der Waals surface area contributed by atoms with Gasteiger partial charge in [0.25, 0.3) is 0 Å². The molecule has 1 N–H and O–H groups in total. The molecule has 106 valence electrons. The quantitative estimate of drug-likeness (QED) is 0.787. The molecule has 0 bridgehead atoms. The molecular weight excluding hydrogens is 262 g/mol. The highest BCUT2D eigenvalue weighted by molar-refractivity contribution is 5.89. The normalized spacial score (nSPS) is 12.4. The minimum atomic E-state index is -0.793. The van der Waals surface area contributed by atoms with Crippen LogP contribution in [0.15, 0.2) is 60.8 Å². The molecule has 0 saturated heterocycles. The van der Waals surface area contributed by atoms with Crippen LogP contribution in [0.25, 0.3) is 10.9 Å². The number of nitrogens with zero attached hydrogens (tertiary/aromatic N) is 1. The maximum Gasteiger partial charge on any atom is 0.310 e. The van der Waals surface area contributed by atoms with Crippen molar-refractivity contribution in [3.63, 3.8) is 0 Å². The smallest absolute Gasteiger partial charge is 0.310 e. The number of aliphatic carboxylic acids is 1. The van der Waals surface area contributed by atoms with E-state index < -0.39 is 11.9 Å². The van der Waals surface area contributed by atoms with Crippen molar-refractivity contribution >= 4 is 16.9 Å². The minimum absolute atomic E-state index is 0.499. The van der Waals surface area contributed by atoms with Crippen LogP contribution in [0.1, 0.15) is 24.0 Å². The molecule has 0 aliphatic rings. The van der Waals surface area contributed by atoms with Crippen molar-refractivity contribution in [1.82, 2.24) is 4.57 Å². The highest BCUT2D eigenvalue weighted by Gasteiger charge is 2.17. The van der Waals surface area contributed by atoms with Crippen LogP contribution in [0.5, 0.6) is 0 Å². The monoisotopic (exact) mass is 279 g/mol. The molecule has 3 nitrogen and oxygen atoms in total. The Morgan fingerprint density at radius 3 is 2.57 bits per heavy atom. The van der Waals surface area contributed by atoms with Gasteiger partial charge in [-0.3, -0.25) is 4.79 Å². The van der Waals surface area contributed by atoms with E-state index in [-0.39, 0.29) is 0 Å². The Balaban J connectivity index is 2.03. The summed E-state index contributed by atoms with van der Waals surface area (Å²) in [6, 6.07) is 18.1. The first kappa shape index (κ1) is 13.4. The van der Waals surface area contributed by atoms with Crippen molar-refractivity contribution in [2.75, 3.05) is 0 Å². The Morgan fingerprint density at radius 1 is 1.10 bits per heavy atom. The van der Waals surface area contributed by atoms with Crippen LogP contribution in [-0.4, -0.2) is 15.6 Å². The SMILES string of the molecule is CC(C(=O)O)c1cccc2c1ccn2Cc1ccccc1. The maximum atomic E-state index is 11.2. The Bertz CT molecular complexity index is 774. The molecule has 0 aliphatic carbocycles. The van der Waals surface area contributed by atoms with Gasteiger partial charge in [0.15, 0.2) is 0 Å². The number of fused-ring (bicyclic) bond motifs is 1. The summed E-state index contributed by atoms with van der Waals surface area (Å²) in [5.74, 6) is -1.29. The molecule has 3 aromatic rings. The van der Waals surface area contributed by atoms with Gasteiger partial charge in [-0.1, -0.05) is 42.5 Å². The number of rotatable bonds is 4. The molecule has 1 heterocycles. The summed E-state index contributed by atoms with van der Waals surface area (Å²) in [5, 5.41) is 10.2. The van der Waals surface area contributed by atoms with E-state index in [0.29, 0.717) is 0 Å². The second-order valence-corrected chi connectivity index (χ2v) is 5.27. The van der Waals surface area contributed by atoms with E-state index in [1.54, 1.807) is 6.92 Å². The van der Waals surface area contributed by atoms with E-state index in [1.165, 1.54) is 5.56 Å². The Labute approximate surface area is 123 Å². The van der Waals surface area contributed by atoms with Crippen LogP contribution < -0.4 is 0 Å². The molecule has 1 aromatic heterocycles. The summed E-state index contributed by atoms with van der Waals surface area (Å²) in [6.07, 6.45) is 2.02. The number of hydrogen-bond acceptors (Lipinski definition) is 1. The fourth-order valence-corrected chi connectivity index (χ4v) is 2.68. The summed E-state index contributed by atoms with van der Waals surface area (Å²) in [7, 11) is 0. The molecule has 3 rings (SSSR count). The second-order valence-electron chi connectivity index (χ2n) is 5.27. The van der Waals surface area contributed by atoms with Gasteiger partial charge in [0.1, 0.15) is 0 Å². The minimum Gasteiger partial charge on any atom is -0.481 e. The number of carboxylic acid groups (broad SMARTS) is 1. The van der Waals surface area contributed by atoms with E-state index in [0.717, 1.165) is 23.0 Å². The highest BCUT2D eigenvalue weighted by atomic mass is 16.4. The number of carboxylic acids is 1. The van der Waals surface area contributed by atoms with Crippen molar-refractivity contribution in [1.29, 1.82) is 0 Å². The van der Waals surface area contributed by atoms with Crippen molar-refractivity contribution in [3.8, 4) is 0 Å². The summed E-state index contributed by atoms with van der Waals surface area (Å²) in [5.41, 5.74) is 3.17. The molecule has 0 radical (unpaired) electrons. The molecule has 0 spiro atoms. The van der Waals surface area contributed by atoms with Crippen molar-refractivity contribution in [3.05, 3.63) is 71.9 Å². The highest BCUT2D eigenvalue weighted by Crippen LogP contribution is 2.27. The lowest BCUT2D eigenvalue weighted by Crippen LogP contribution is -2.07. The largest absolute Gasteiger partial charge is 0.481 e. The molecule has 2 aromatic carbocycles. The van der Waals surface area contributed by atoms with E-state index in [2.05, 4.69) is 16.7 Å². The zero-order valence-corrected chi connectivity index (χ0v) is 11.9. The lowest BCUT2D eigenvalue weighted by molar-refractivity contribution is -0.138. The topological polar surface area (TPSA) is 42.2 Å². The Hall–Kier alpha value is -2.55. The molecule has 0 fully saturated rings. The Morgan fingerprint density at radius 2 is 1.86 bits per heavy atom. The number of aromatic nitrogens is 1. The first-order valence-electron chi connectivity index (χ1n) is 7.01. The van der Waals surface area contributed by atoms with E-state index >= 15 is 0 Å². The van der Waals surface area contributed by atoms with Gasteiger partial charge in [0.2, 0.25) is 0 Å². The first-order chi connectivity index (χ1) is 10.2. The van der Waals surface area contributed by atoms with Crippen LogP contribution in [0, 0.1) is 0 Å². The lowest BCUT2D eigenvalue weighted by Gasteiger charge is -2.10. The third-order valence-electron chi connectivity index (χ3n) is 3.88. The molecule has 0 aliphatic heterocycles. The molecule has 21 heavy (non-hydrogen) atoms. The van der Waals surface area contributed by atoms with Crippen molar-refractivity contribution < 1.29 is 9.90 Å². The standard InChI is InChI=1S/C18H17NO2/c1-13(18(20)21)15-8-5-9-17-16(15)10-11-19(17)12-14-6-3-2-4-7-14/h2-11,13H,12H2,1H3,(H,20,21). The van der Waals surface area contributed by atoms with E-state index in [4.69, 9.17) is 0 Å². The molecule has 0 amide bonds. The van der Waals surface area contributed by atoms with E-state index in [9.17, 15) is 9.90 Å². The Kier molecular flexibility index (Phi) is 3.48. The third kappa shape index (κ3) is 2.55. The molecule has 3 heteroatoms. The maximum absolute atomic E-state index is 11.2. The van der Waals surface area contributed by atoms with Gasteiger partial charge in [-0.05, 0) is 30.2 Å². The second kappa shape index (κ2) is 5.44. The lowest BCUT2D eigenvalue weighted by atomic mass is 9.98. The third-order valence-corrected chi connectivity index (χ3v) is 3.88. The van der Waals surface area contributed by atoms with Gasteiger partial charge in [0.05, 0.1) is 5.92 Å². The van der Waals surface area contributed by atoms with Crippen LogP contribution in [0.2, 0.25) is 0 Å². The van der Waals surface area contributed by atoms with Crippen LogP contribution >= 0.6 is 0 Å². The zero-order chi connectivity index (χ0) is 14.8. The predicted octanol–water partition coefficient (Wildman–Crippen LogP) is 3.88. The number of carbonyl (C=O) groups is 1. The summed E-state index contributed by atoms with van der Waals surface area (Å²) < 4.78 is 2.16. The first-order valence-corrected chi connectivity index (χ1v) is 7.01. The fraction of sp³-hybridized carbons (Fsp3) is 0.167. The summed E-state index contributed by atoms with van der Waals surface area (Å²) in [6.45, 7) is 2.51. The van der Waals surface area contributed by atoms with Gasteiger partial charge < -0.3 is 9.67 Å². The van der Waals surface area contributed by atoms with Gasteiger partial charge in [-0.2, -0.15) is 0 Å². The van der Waals surface area contributed by atoms with Crippen LogP contribution in [0.4, 0.5) is 0 Å². The zero-order valence-electron chi connectivity index (χ0n) is 11.9. The molecule has 1 unspecified atom stereocenters. The van der Waals surface area contributed by atoms with Gasteiger partial charge in [0, 0.05) is 23.6 Å². The van der Waals surface area contributed by atoms with Crippen LogP contribution in [-0.2, 0) is 11.3 Å². The van der Waals surface area contributed by atoms with Crippen molar-refractivity contribution in [2.24, 2.45) is 0 Å². The van der Waals surface area contributed by atoms with Crippen LogP contribution in [0.3, 0.4) is 0 Å². The van der Waals surface area contributed by atoms with Gasteiger partial charge in [-0.15, -0.1) is 0 Å². The molecule has 1 atom stereocenters. The fourth-order valence-electron chi connectivity index (χ4n) is 2.68. The molecule has 0 saturated carbocycles. The summed E-state index contributed by atoms with van der Waals surface area (Å²) >= 11 is 0. The number of benzene rings is 2. The average molecular weight is 279 g/mol. The average Bonchev–Trinajstić information content (AvgIpc) is 2.90. The number of hydrogen-bond donors (Lipinski definition) is 1. The van der Waals surface area contributed by atoms with E-state index in [1.807, 2.05) is 48.7 Å². The summed E-state index contributed by atoms with van der Waals surface area (Å²) in [4.78, 5) is 11.2.